The zero-order chi connectivity index (χ0) is 15.4. The predicted octanol–water partition coefficient (Wildman–Crippen LogP) is 1.74. The molecule has 21 heavy (non-hydrogen) atoms. The summed E-state index contributed by atoms with van der Waals surface area (Å²) in [6.45, 7) is 5.74. The van der Waals surface area contributed by atoms with Gasteiger partial charge in [0.2, 0.25) is 5.91 Å². The molecule has 2 rings (SSSR count). The third-order valence-corrected chi connectivity index (χ3v) is 2.99. The van der Waals surface area contributed by atoms with E-state index in [9.17, 15) is 9.59 Å². The summed E-state index contributed by atoms with van der Waals surface area (Å²) in [5.41, 5.74) is 2.41. The lowest BCUT2D eigenvalue weighted by Crippen LogP contribution is -2.35. The number of aryl methyl sites for hydroxylation is 1. The summed E-state index contributed by atoms with van der Waals surface area (Å²) in [5, 5.41) is 2.74. The van der Waals surface area contributed by atoms with Gasteiger partial charge >= 0.3 is 0 Å². The minimum atomic E-state index is -0.237. The van der Waals surface area contributed by atoms with Gasteiger partial charge in [-0.2, -0.15) is 0 Å². The van der Waals surface area contributed by atoms with Gasteiger partial charge in [-0.15, -0.1) is 0 Å². The van der Waals surface area contributed by atoms with Gasteiger partial charge in [0.15, 0.2) is 0 Å². The average molecular weight is 285 g/mol. The van der Waals surface area contributed by atoms with Crippen molar-refractivity contribution in [3.63, 3.8) is 0 Å². The first-order chi connectivity index (χ1) is 9.95. The van der Waals surface area contributed by atoms with Gasteiger partial charge in [-0.3, -0.25) is 14.2 Å². The van der Waals surface area contributed by atoms with Gasteiger partial charge in [-0.25, -0.2) is 4.98 Å². The molecule has 0 spiro atoms. The van der Waals surface area contributed by atoms with Gasteiger partial charge in [-0.1, -0.05) is 29.8 Å². The average Bonchev–Trinajstić information content (AvgIpc) is 2.41. The first-order valence-corrected chi connectivity index (χ1v) is 6.88. The van der Waals surface area contributed by atoms with E-state index in [1.807, 2.05) is 45.0 Å². The normalized spacial score (nSPS) is 10.7. The second kappa shape index (κ2) is 6.35. The lowest BCUT2D eigenvalue weighted by molar-refractivity contribution is -0.122. The molecule has 5 heteroatoms. The number of carbonyl (C=O) groups excluding carboxylic acids is 1. The Balaban J connectivity index is 2.20. The summed E-state index contributed by atoms with van der Waals surface area (Å²) >= 11 is 0. The second-order valence-corrected chi connectivity index (χ2v) is 5.33. The van der Waals surface area contributed by atoms with Crippen molar-refractivity contribution >= 4 is 5.91 Å². The molecule has 1 N–H and O–H groups in total. The number of carbonyl (C=O) groups is 1. The van der Waals surface area contributed by atoms with Crippen molar-refractivity contribution in [2.45, 2.75) is 33.4 Å². The summed E-state index contributed by atoms with van der Waals surface area (Å²) in [7, 11) is 0. The first-order valence-electron chi connectivity index (χ1n) is 6.88. The molecule has 1 aromatic carbocycles. The van der Waals surface area contributed by atoms with Crippen LogP contribution in [0.25, 0.3) is 11.3 Å². The molecule has 0 saturated heterocycles. The number of benzene rings is 1. The van der Waals surface area contributed by atoms with E-state index < -0.39 is 0 Å². The van der Waals surface area contributed by atoms with E-state index in [0.29, 0.717) is 5.69 Å². The smallest absolute Gasteiger partial charge is 0.254 e. The molecular formula is C16H19N3O2. The fourth-order valence-corrected chi connectivity index (χ4v) is 1.95. The van der Waals surface area contributed by atoms with Gasteiger partial charge in [0.1, 0.15) is 6.54 Å². The minimum Gasteiger partial charge on any atom is -0.352 e. The monoisotopic (exact) mass is 285 g/mol. The second-order valence-electron chi connectivity index (χ2n) is 5.33. The van der Waals surface area contributed by atoms with Crippen LogP contribution in [0.15, 0.2) is 41.5 Å². The Morgan fingerprint density at radius 3 is 2.52 bits per heavy atom. The Kier molecular flexibility index (Phi) is 4.52. The molecule has 2 aromatic rings. The Hall–Kier alpha value is -2.43. The van der Waals surface area contributed by atoms with E-state index in [-0.39, 0.29) is 24.1 Å². The van der Waals surface area contributed by atoms with E-state index >= 15 is 0 Å². The van der Waals surface area contributed by atoms with Crippen LogP contribution in [-0.2, 0) is 11.3 Å². The number of nitrogens with one attached hydrogen (secondary N) is 1. The van der Waals surface area contributed by atoms with Crippen LogP contribution in [0.2, 0.25) is 0 Å². The van der Waals surface area contributed by atoms with E-state index in [0.717, 1.165) is 11.1 Å². The molecule has 0 aliphatic carbocycles. The molecule has 0 fully saturated rings. The summed E-state index contributed by atoms with van der Waals surface area (Å²) < 4.78 is 1.30. The van der Waals surface area contributed by atoms with E-state index in [2.05, 4.69) is 10.3 Å². The molecule has 0 bridgehead atoms. The SMILES string of the molecule is Cc1ccc(-c2cc(=O)n(CC(=O)NC(C)C)cn2)cc1. The molecule has 1 heterocycles. The topological polar surface area (TPSA) is 64.0 Å². The number of hydrogen-bond donors (Lipinski definition) is 1. The molecule has 0 aliphatic rings. The number of hydrogen-bond acceptors (Lipinski definition) is 3. The van der Waals surface area contributed by atoms with Crippen LogP contribution in [0.1, 0.15) is 19.4 Å². The van der Waals surface area contributed by atoms with Crippen LogP contribution < -0.4 is 10.9 Å². The van der Waals surface area contributed by atoms with Gasteiger partial charge in [0.05, 0.1) is 12.0 Å². The fraction of sp³-hybridized carbons (Fsp3) is 0.312. The zero-order valence-electron chi connectivity index (χ0n) is 12.5. The maximum absolute atomic E-state index is 12.0. The fourth-order valence-electron chi connectivity index (χ4n) is 1.95. The maximum atomic E-state index is 12.0. The summed E-state index contributed by atoms with van der Waals surface area (Å²) in [6.07, 6.45) is 1.41. The molecular weight excluding hydrogens is 266 g/mol. The van der Waals surface area contributed by atoms with E-state index in [1.54, 1.807) is 0 Å². The highest BCUT2D eigenvalue weighted by atomic mass is 16.2. The van der Waals surface area contributed by atoms with E-state index in [1.165, 1.54) is 17.0 Å². The molecule has 0 aliphatic heterocycles. The van der Waals surface area contributed by atoms with Crippen molar-refractivity contribution in [3.05, 3.63) is 52.6 Å². The van der Waals surface area contributed by atoms with Crippen molar-refractivity contribution in [2.75, 3.05) is 0 Å². The Morgan fingerprint density at radius 1 is 1.29 bits per heavy atom. The molecule has 0 radical (unpaired) electrons. The highest BCUT2D eigenvalue weighted by molar-refractivity contribution is 5.76. The van der Waals surface area contributed by atoms with Crippen LogP contribution in [0.3, 0.4) is 0 Å². The highest BCUT2D eigenvalue weighted by Gasteiger charge is 2.07. The zero-order valence-corrected chi connectivity index (χ0v) is 12.5. The summed E-state index contributed by atoms with van der Waals surface area (Å²) in [4.78, 5) is 28.0. The van der Waals surface area contributed by atoms with Crippen LogP contribution in [0, 0.1) is 6.92 Å². The van der Waals surface area contributed by atoms with Gasteiger partial charge < -0.3 is 5.32 Å². The van der Waals surface area contributed by atoms with Crippen molar-refractivity contribution in [1.82, 2.24) is 14.9 Å². The quantitative estimate of drug-likeness (QED) is 0.930. The Bertz CT molecular complexity index is 687. The maximum Gasteiger partial charge on any atom is 0.254 e. The van der Waals surface area contributed by atoms with Crippen LogP contribution in [0.5, 0.6) is 0 Å². The first kappa shape index (κ1) is 15.0. The molecule has 0 atom stereocenters. The standard InChI is InChI=1S/C16H19N3O2/c1-11(2)18-15(20)9-19-10-17-14(8-16(19)21)13-6-4-12(3)5-7-13/h4-8,10-11H,9H2,1-3H3,(H,18,20). The molecule has 5 nitrogen and oxygen atoms in total. The lowest BCUT2D eigenvalue weighted by atomic mass is 10.1. The number of aromatic nitrogens is 2. The molecule has 0 unspecified atom stereocenters. The molecule has 0 saturated carbocycles. The number of amides is 1. The third kappa shape index (κ3) is 4.02. The van der Waals surface area contributed by atoms with Gasteiger partial charge in [-0.05, 0) is 20.8 Å². The van der Waals surface area contributed by atoms with Gasteiger partial charge in [0, 0.05) is 17.7 Å². The van der Waals surface area contributed by atoms with Crippen molar-refractivity contribution in [1.29, 1.82) is 0 Å². The highest BCUT2D eigenvalue weighted by Crippen LogP contribution is 2.15. The number of rotatable bonds is 4. The Morgan fingerprint density at radius 2 is 1.95 bits per heavy atom. The molecule has 1 aromatic heterocycles. The Labute approximate surface area is 123 Å². The van der Waals surface area contributed by atoms with Crippen LogP contribution in [0.4, 0.5) is 0 Å². The lowest BCUT2D eigenvalue weighted by Gasteiger charge is -2.10. The molecule has 110 valence electrons. The predicted molar refractivity (Wildman–Crippen MR) is 81.9 cm³/mol. The van der Waals surface area contributed by atoms with E-state index in [4.69, 9.17) is 0 Å². The minimum absolute atomic E-state index is 0.0157. The van der Waals surface area contributed by atoms with Crippen LogP contribution in [-0.4, -0.2) is 21.5 Å². The molecule has 1 amide bonds. The summed E-state index contributed by atoms with van der Waals surface area (Å²) in [5.74, 6) is -0.197. The third-order valence-electron chi connectivity index (χ3n) is 2.99. The number of nitrogens with zero attached hydrogens (tertiary/aromatic N) is 2. The largest absolute Gasteiger partial charge is 0.352 e. The van der Waals surface area contributed by atoms with Crippen LogP contribution >= 0.6 is 0 Å². The van der Waals surface area contributed by atoms with Crippen molar-refractivity contribution in [3.8, 4) is 11.3 Å². The summed E-state index contributed by atoms with van der Waals surface area (Å²) in [6, 6.07) is 9.29. The van der Waals surface area contributed by atoms with Gasteiger partial charge in [0.25, 0.3) is 5.56 Å². The van der Waals surface area contributed by atoms with Crippen molar-refractivity contribution in [2.24, 2.45) is 0 Å². The van der Waals surface area contributed by atoms with Crippen molar-refractivity contribution < 1.29 is 4.79 Å².